The third-order valence-electron chi connectivity index (χ3n) is 2.97. The minimum atomic E-state index is -4.42. The quantitative estimate of drug-likeness (QED) is 0.846. The first-order valence-corrected chi connectivity index (χ1v) is 7.88. The molecule has 22 heavy (non-hydrogen) atoms. The normalized spacial score (nSPS) is 14.7. The second kappa shape index (κ2) is 6.15. The summed E-state index contributed by atoms with van der Waals surface area (Å²) in [7, 11) is -4.42. The zero-order valence-corrected chi connectivity index (χ0v) is 12.5. The van der Waals surface area contributed by atoms with Gasteiger partial charge in [-0.25, -0.2) is 21.9 Å². The molecular weight excluding hydrogens is 316 g/mol. The van der Waals surface area contributed by atoms with Gasteiger partial charge in [-0.05, 0) is 31.2 Å². The summed E-state index contributed by atoms with van der Waals surface area (Å²) in [6, 6.07) is 6.01. The highest BCUT2D eigenvalue weighted by atomic mass is 32.2. The molecule has 0 unspecified atom stereocenters. The Hall–Kier alpha value is -1.77. The Bertz CT molecular complexity index is 722. The van der Waals surface area contributed by atoms with E-state index in [1.54, 1.807) is 12.1 Å². The Morgan fingerprint density at radius 1 is 1.23 bits per heavy atom. The molecule has 2 N–H and O–H groups in total. The van der Waals surface area contributed by atoms with Crippen LogP contribution >= 0.6 is 0 Å². The van der Waals surface area contributed by atoms with Crippen LogP contribution in [0.15, 0.2) is 45.9 Å². The molecule has 5 nitrogen and oxygen atoms in total. The Balaban J connectivity index is 2.12. The van der Waals surface area contributed by atoms with Crippen LogP contribution in [0.4, 0.5) is 8.78 Å². The van der Waals surface area contributed by atoms with E-state index in [1.165, 1.54) is 13.2 Å². The van der Waals surface area contributed by atoms with Crippen LogP contribution in [-0.2, 0) is 16.4 Å². The lowest BCUT2D eigenvalue weighted by molar-refractivity contribution is 0.0603. The highest BCUT2D eigenvalue weighted by molar-refractivity contribution is 7.89. The van der Waals surface area contributed by atoms with Gasteiger partial charge in [-0.15, -0.1) is 0 Å². The van der Waals surface area contributed by atoms with E-state index in [4.69, 9.17) is 4.42 Å². The van der Waals surface area contributed by atoms with Crippen molar-refractivity contribution in [1.82, 2.24) is 4.72 Å². The molecule has 2 aromatic rings. The molecule has 0 bridgehead atoms. The summed E-state index contributed by atoms with van der Waals surface area (Å²) in [5.74, 6) is -1.93. The van der Waals surface area contributed by atoms with E-state index >= 15 is 0 Å². The molecule has 0 saturated heterocycles. The van der Waals surface area contributed by atoms with Gasteiger partial charge in [0.1, 0.15) is 17.4 Å². The molecule has 0 amide bonds. The van der Waals surface area contributed by atoms with E-state index in [-0.39, 0.29) is 6.42 Å². The van der Waals surface area contributed by atoms with Gasteiger partial charge in [-0.1, -0.05) is 6.07 Å². The first-order valence-electron chi connectivity index (χ1n) is 6.40. The predicted molar refractivity (Wildman–Crippen MR) is 74.6 cm³/mol. The van der Waals surface area contributed by atoms with Gasteiger partial charge >= 0.3 is 0 Å². The molecule has 0 aliphatic rings. The first-order chi connectivity index (χ1) is 10.2. The number of benzene rings is 1. The average Bonchev–Trinajstić information content (AvgIpc) is 2.88. The van der Waals surface area contributed by atoms with Crippen molar-refractivity contribution in [3.05, 3.63) is 54.0 Å². The maximum absolute atomic E-state index is 13.5. The molecular formula is C14H15F2NO4S. The summed E-state index contributed by atoms with van der Waals surface area (Å²) in [6.45, 7) is 0.958. The van der Waals surface area contributed by atoms with Crippen molar-refractivity contribution in [1.29, 1.82) is 0 Å². The third-order valence-corrected chi connectivity index (χ3v) is 4.42. The standard InChI is InChI=1S/C14H15F2NO4S/c1-14(18,8-10-4-3-7-21-10)9-17-22(19,20)13-11(15)5-2-6-12(13)16/h2-7,17-18H,8-9H2,1H3/t14-/m0/s1. The smallest absolute Gasteiger partial charge is 0.246 e. The van der Waals surface area contributed by atoms with Crippen molar-refractivity contribution >= 4 is 10.0 Å². The molecule has 0 radical (unpaired) electrons. The summed E-state index contributed by atoms with van der Waals surface area (Å²) in [5.41, 5.74) is -1.48. The van der Waals surface area contributed by atoms with Gasteiger partial charge in [0, 0.05) is 13.0 Å². The SMILES string of the molecule is C[C@@](O)(CNS(=O)(=O)c1c(F)cccc1F)Cc1ccco1. The lowest BCUT2D eigenvalue weighted by Crippen LogP contribution is -2.42. The number of hydrogen-bond acceptors (Lipinski definition) is 4. The van der Waals surface area contributed by atoms with Gasteiger partial charge < -0.3 is 9.52 Å². The van der Waals surface area contributed by atoms with Crippen LogP contribution in [0.25, 0.3) is 0 Å². The predicted octanol–water partition coefficient (Wildman–Crippen LogP) is 1.83. The minimum absolute atomic E-state index is 0.0439. The molecule has 0 saturated carbocycles. The van der Waals surface area contributed by atoms with Crippen LogP contribution in [0, 0.1) is 11.6 Å². The molecule has 0 spiro atoms. The van der Waals surface area contributed by atoms with Crippen molar-refractivity contribution < 1.29 is 26.7 Å². The van der Waals surface area contributed by atoms with Gasteiger partial charge in [0.15, 0.2) is 4.90 Å². The van der Waals surface area contributed by atoms with Crippen LogP contribution in [0.1, 0.15) is 12.7 Å². The summed E-state index contributed by atoms with van der Waals surface area (Å²) in [4.78, 5) is -1.07. The third kappa shape index (κ3) is 3.90. The fraction of sp³-hybridized carbons (Fsp3) is 0.286. The van der Waals surface area contributed by atoms with E-state index in [9.17, 15) is 22.3 Å². The van der Waals surface area contributed by atoms with E-state index in [0.29, 0.717) is 5.76 Å². The van der Waals surface area contributed by atoms with Crippen molar-refractivity contribution in [2.75, 3.05) is 6.54 Å². The Morgan fingerprint density at radius 2 is 1.86 bits per heavy atom. The van der Waals surface area contributed by atoms with Crippen molar-refractivity contribution in [2.24, 2.45) is 0 Å². The zero-order valence-electron chi connectivity index (χ0n) is 11.7. The molecule has 1 atom stereocenters. The average molecular weight is 331 g/mol. The summed E-state index contributed by atoms with van der Waals surface area (Å²) < 4.78 is 58.1. The van der Waals surface area contributed by atoms with Crippen molar-refractivity contribution in [2.45, 2.75) is 23.8 Å². The molecule has 120 valence electrons. The number of sulfonamides is 1. The number of aliphatic hydroxyl groups is 1. The highest BCUT2D eigenvalue weighted by Gasteiger charge is 2.29. The Morgan fingerprint density at radius 3 is 2.41 bits per heavy atom. The fourth-order valence-corrected chi connectivity index (χ4v) is 3.21. The number of halogens is 2. The van der Waals surface area contributed by atoms with Crippen LogP contribution in [0.2, 0.25) is 0 Å². The van der Waals surface area contributed by atoms with E-state index in [1.807, 2.05) is 4.72 Å². The molecule has 2 rings (SSSR count). The van der Waals surface area contributed by atoms with E-state index in [2.05, 4.69) is 0 Å². The van der Waals surface area contributed by atoms with Gasteiger partial charge in [0.25, 0.3) is 0 Å². The summed E-state index contributed by atoms with van der Waals surface area (Å²) in [5, 5.41) is 10.2. The van der Waals surface area contributed by atoms with Gasteiger partial charge in [0.05, 0.1) is 11.9 Å². The number of nitrogens with one attached hydrogen (secondary N) is 1. The minimum Gasteiger partial charge on any atom is -0.469 e. The van der Waals surface area contributed by atoms with Gasteiger partial charge in [0.2, 0.25) is 10.0 Å². The summed E-state index contributed by atoms with van der Waals surface area (Å²) >= 11 is 0. The Labute approximate surface area is 126 Å². The molecule has 1 aromatic heterocycles. The monoisotopic (exact) mass is 331 g/mol. The van der Waals surface area contributed by atoms with Crippen LogP contribution in [0.3, 0.4) is 0 Å². The van der Waals surface area contributed by atoms with E-state index in [0.717, 1.165) is 18.2 Å². The number of furan rings is 1. The maximum atomic E-state index is 13.5. The maximum Gasteiger partial charge on any atom is 0.246 e. The molecule has 1 aromatic carbocycles. The lowest BCUT2D eigenvalue weighted by atomic mass is 10.0. The molecule has 0 aliphatic heterocycles. The fourth-order valence-electron chi connectivity index (χ4n) is 1.91. The largest absolute Gasteiger partial charge is 0.469 e. The number of hydrogen-bond donors (Lipinski definition) is 2. The molecule has 1 heterocycles. The van der Waals surface area contributed by atoms with Crippen molar-refractivity contribution in [3.8, 4) is 0 Å². The first kappa shape index (κ1) is 16.6. The van der Waals surface area contributed by atoms with Gasteiger partial charge in [-0.3, -0.25) is 0 Å². The highest BCUT2D eigenvalue weighted by Crippen LogP contribution is 2.19. The zero-order chi connectivity index (χ0) is 16.4. The molecule has 0 fully saturated rings. The van der Waals surface area contributed by atoms with Crippen LogP contribution < -0.4 is 4.72 Å². The second-order valence-electron chi connectivity index (χ2n) is 5.13. The summed E-state index contributed by atoms with van der Waals surface area (Å²) in [6.07, 6.45) is 1.46. The Kier molecular flexibility index (Phi) is 4.64. The van der Waals surface area contributed by atoms with E-state index < -0.39 is 38.7 Å². The lowest BCUT2D eigenvalue weighted by Gasteiger charge is -2.22. The van der Waals surface area contributed by atoms with Gasteiger partial charge in [-0.2, -0.15) is 0 Å². The topological polar surface area (TPSA) is 79.5 Å². The van der Waals surface area contributed by atoms with Crippen molar-refractivity contribution in [3.63, 3.8) is 0 Å². The molecule has 8 heteroatoms. The second-order valence-corrected chi connectivity index (χ2v) is 6.83. The molecule has 0 aliphatic carbocycles. The number of rotatable bonds is 6. The van der Waals surface area contributed by atoms with Crippen LogP contribution in [0.5, 0.6) is 0 Å². The van der Waals surface area contributed by atoms with Crippen LogP contribution in [-0.4, -0.2) is 25.7 Å².